The van der Waals surface area contributed by atoms with Gasteiger partial charge >= 0.3 is 0 Å². The number of carbonyl (C=O) groups is 1. The highest BCUT2D eigenvalue weighted by atomic mass is 32.2. The summed E-state index contributed by atoms with van der Waals surface area (Å²) in [6, 6.07) is 11.5. The third kappa shape index (κ3) is 5.82. The van der Waals surface area contributed by atoms with E-state index in [1.165, 1.54) is 42.5 Å². The molecule has 0 fully saturated rings. The number of amides is 1. The van der Waals surface area contributed by atoms with E-state index in [4.69, 9.17) is 4.74 Å². The predicted octanol–water partition coefficient (Wildman–Crippen LogP) is 2.92. The summed E-state index contributed by atoms with van der Waals surface area (Å²) in [7, 11) is -3.64. The lowest BCUT2D eigenvalue weighted by Crippen LogP contribution is -2.40. The van der Waals surface area contributed by atoms with Crippen molar-refractivity contribution in [2.75, 3.05) is 11.9 Å². The van der Waals surface area contributed by atoms with Crippen LogP contribution in [0, 0.1) is 5.82 Å². The molecule has 0 unspecified atom stereocenters. The summed E-state index contributed by atoms with van der Waals surface area (Å²) in [5.74, 6) is -0.744. The zero-order chi connectivity index (χ0) is 19.4. The van der Waals surface area contributed by atoms with Crippen molar-refractivity contribution >= 4 is 21.6 Å². The standard InChI is InChI=1S/C18H21FN2O4S/c1-18(2,3)21-26(23,24)14-10-8-13(9-11-14)25-12-17(22)20-16-7-5-4-6-15(16)19/h4-11,21H,12H2,1-3H3,(H,20,22). The molecule has 0 aromatic heterocycles. The zero-order valence-electron chi connectivity index (χ0n) is 14.7. The van der Waals surface area contributed by atoms with Gasteiger partial charge < -0.3 is 10.1 Å². The molecule has 2 N–H and O–H groups in total. The number of halogens is 1. The molecule has 2 rings (SSSR count). The second-order valence-electron chi connectivity index (χ2n) is 6.64. The van der Waals surface area contributed by atoms with Crippen LogP contribution in [0.25, 0.3) is 0 Å². The molecule has 0 aliphatic heterocycles. The molecule has 2 aromatic rings. The molecular formula is C18H21FN2O4S. The first-order valence-electron chi connectivity index (χ1n) is 7.88. The average Bonchev–Trinajstić information content (AvgIpc) is 2.53. The quantitative estimate of drug-likeness (QED) is 0.807. The molecule has 0 bridgehead atoms. The summed E-state index contributed by atoms with van der Waals surface area (Å²) in [6.07, 6.45) is 0. The Morgan fingerprint density at radius 2 is 1.69 bits per heavy atom. The molecule has 6 nitrogen and oxygen atoms in total. The molecule has 0 saturated heterocycles. The highest BCUT2D eigenvalue weighted by Gasteiger charge is 2.21. The SMILES string of the molecule is CC(C)(C)NS(=O)(=O)c1ccc(OCC(=O)Nc2ccccc2F)cc1. The van der Waals surface area contributed by atoms with E-state index in [1.54, 1.807) is 26.8 Å². The maximum absolute atomic E-state index is 13.5. The lowest BCUT2D eigenvalue weighted by Gasteiger charge is -2.20. The molecule has 0 atom stereocenters. The van der Waals surface area contributed by atoms with E-state index in [-0.39, 0.29) is 17.2 Å². The maximum Gasteiger partial charge on any atom is 0.262 e. The molecule has 1 amide bonds. The van der Waals surface area contributed by atoms with Gasteiger partial charge in [0.05, 0.1) is 10.6 Å². The smallest absolute Gasteiger partial charge is 0.262 e. The summed E-state index contributed by atoms with van der Waals surface area (Å²) in [6.45, 7) is 4.91. The van der Waals surface area contributed by atoms with Gasteiger partial charge in [-0.3, -0.25) is 4.79 Å². The fraction of sp³-hybridized carbons (Fsp3) is 0.278. The van der Waals surface area contributed by atoms with Crippen molar-refractivity contribution in [3.8, 4) is 5.75 Å². The fourth-order valence-corrected chi connectivity index (χ4v) is 3.49. The van der Waals surface area contributed by atoms with Crippen LogP contribution >= 0.6 is 0 Å². The minimum atomic E-state index is -3.64. The van der Waals surface area contributed by atoms with Crippen molar-refractivity contribution in [3.05, 3.63) is 54.3 Å². The second kappa shape index (κ2) is 7.84. The van der Waals surface area contributed by atoms with Crippen LogP contribution in [0.2, 0.25) is 0 Å². The topological polar surface area (TPSA) is 84.5 Å². The van der Waals surface area contributed by atoms with Crippen LogP contribution in [0.5, 0.6) is 5.75 Å². The van der Waals surface area contributed by atoms with E-state index in [0.29, 0.717) is 5.75 Å². The predicted molar refractivity (Wildman–Crippen MR) is 97.0 cm³/mol. The first-order valence-corrected chi connectivity index (χ1v) is 9.36. The van der Waals surface area contributed by atoms with Gasteiger partial charge in [-0.05, 0) is 57.2 Å². The van der Waals surface area contributed by atoms with Crippen molar-refractivity contribution in [1.82, 2.24) is 4.72 Å². The van der Waals surface area contributed by atoms with Crippen molar-refractivity contribution in [1.29, 1.82) is 0 Å². The van der Waals surface area contributed by atoms with E-state index < -0.39 is 27.3 Å². The summed E-state index contributed by atoms with van der Waals surface area (Å²) < 4.78 is 45.7. The molecule has 8 heteroatoms. The van der Waals surface area contributed by atoms with E-state index in [1.807, 2.05) is 0 Å². The van der Waals surface area contributed by atoms with Crippen molar-refractivity contribution in [2.45, 2.75) is 31.2 Å². The van der Waals surface area contributed by atoms with Gasteiger partial charge in [-0.15, -0.1) is 0 Å². The Labute approximate surface area is 152 Å². The summed E-state index contributed by atoms with van der Waals surface area (Å²) >= 11 is 0. The number of benzene rings is 2. The molecule has 0 saturated carbocycles. The van der Waals surface area contributed by atoms with Crippen molar-refractivity contribution < 1.29 is 22.3 Å². The van der Waals surface area contributed by atoms with Gasteiger partial charge in [-0.25, -0.2) is 17.5 Å². The largest absolute Gasteiger partial charge is 0.484 e. The van der Waals surface area contributed by atoms with Crippen LogP contribution in [-0.2, 0) is 14.8 Å². The van der Waals surface area contributed by atoms with Crippen molar-refractivity contribution in [3.63, 3.8) is 0 Å². The van der Waals surface area contributed by atoms with Gasteiger partial charge in [0.2, 0.25) is 10.0 Å². The Morgan fingerprint density at radius 3 is 2.27 bits per heavy atom. The molecular weight excluding hydrogens is 359 g/mol. The molecule has 0 heterocycles. The number of sulfonamides is 1. The summed E-state index contributed by atoms with van der Waals surface area (Å²) in [5, 5.41) is 2.40. The monoisotopic (exact) mass is 380 g/mol. The van der Waals surface area contributed by atoms with Crippen LogP contribution in [0.4, 0.5) is 10.1 Å². The lowest BCUT2D eigenvalue weighted by molar-refractivity contribution is -0.118. The summed E-state index contributed by atoms with van der Waals surface area (Å²) in [5.41, 5.74) is -0.533. The molecule has 0 radical (unpaired) electrons. The number of ether oxygens (including phenoxy) is 1. The van der Waals surface area contributed by atoms with Gasteiger partial charge in [0, 0.05) is 5.54 Å². The third-order valence-corrected chi connectivity index (χ3v) is 4.87. The van der Waals surface area contributed by atoms with Gasteiger partial charge in [0.1, 0.15) is 11.6 Å². The van der Waals surface area contributed by atoms with Gasteiger partial charge in [0.15, 0.2) is 6.61 Å². The summed E-state index contributed by atoms with van der Waals surface area (Å²) in [4.78, 5) is 11.9. The van der Waals surface area contributed by atoms with E-state index in [0.717, 1.165) is 0 Å². The lowest BCUT2D eigenvalue weighted by atomic mass is 10.1. The molecule has 140 valence electrons. The first kappa shape index (κ1) is 19.9. The Bertz CT molecular complexity index is 875. The Morgan fingerprint density at radius 1 is 1.08 bits per heavy atom. The number of rotatable bonds is 6. The van der Waals surface area contributed by atoms with Crippen LogP contribution in [0.15, 0.2) is 53.4 Å². The van der Waals surface area contributed by atoms with E-state index in [2.05, 4.69) is 10.0 Å². The number of nitrogens with one attached hydrogen (secondary N) is 2. The number of anilines is 1. The normalized spacial score (nSPS) is 11.8. The highest BCUT2D eigenvalue weighted by molar-refractivity contribution is 7.89. The van der Waals surface area contributed by atoms with Gasteiger partial charge in [-0.1, -0.05) is 12.1 Å². The van der Waals surface area contributed by atoms with Crippen LogP contribution in [-0.4, -0.2) is 26.5 Å². The van der Waals surface area contributed by atoms with Crippen molar-refractivity contribution in [2.24, 2.45) is 0 Å². The minimum absolute atomic E-state index is 0.0656. The van der Waals surface area contributed by atoms with Crippen LogP contribution in [0.1, 0.15) is 20.8 Å². The Kier molecular flexibility index (Phi) is 5.99. The maximum atomic E-state index is 13.5. The average molecular weight is 380 g/mol. The number of hydrogen-bond acceptors (Lipinski definition) is 4. The molecule has 2 aromatic carbocycles. The fourth-order valence-electron chi connectivity index (χ4n) is 2.07. The number of hydrogen-bond donors (Lipinski definition) is 2. The zero-order valence-corrected chi connectivity index (χ0v) is 15.6. The molecule has 0 aliphatic rings. The number of para-hydroxylation sites is 1. The Hall–Kier alpha value is -2.45. The van der Waals surface area contributed by atoms with Crippen LogP contribution in [0.3, 0.4) is 0 Å². The number of carbonyl (C=O) groups excluding carboxylic acids is 1. The molecule has 26 heavy (non-hydrogen) atoms. The molecule has 0 aliphatic carbocycles. The first-order chi connectivity index (χ1) is 12.1. The van der Waals surface area contributed by atoms with E-state index >= 15 is 0 Å². The third-order valence-electron chi connectivity index (χ3n) is 3.09. The van der Waals surface area contributed by atoms with Gasteiger partial charge in [0.25, 0.3) is 5.91 Å². The van der Waals surface area contributed by atoms with Crippen LogP contribution < -0.4 is 14.8 Å². The second-order valence-corrected chi connectivity index (χ2v) is 8.33. The highest BCUT2D eigenvalue weighted by Crippen LogP contribution is 2.18. The molecule has 0 spiro atoms. The van der Waals surface area contributed by atoms with Gasteiger partial charge in [-0.2, -0.15) is 0 Å². The minimum Gasteiger partial charge on any atom is -0.484 e. The Balaban J connectivity index is 1.95. The van der Waals surface area contributed by atoms with E-state index in [9.17, 15) is 17.6 Å².